The van der Waals surface area contributed by atoms with Gasteiger partial charge in [-0.15, -0.1) is 0 Å². The van der Waals surface area contributed by atoms with E-state index in [0.29, 0.717) is 12.3 Å². The van der Waals surface area contributed by atoms with Crippen molar-refractivity contribution < 1.29 is 14.6 Å². The molecule has 0 saturated heterocycles. The summed E-state index contributed by atoms with van der Waals surface area (Å²) >= 11 is 1.66. The van der Waals surface area contributed by atoms with Crippen LogP contribution in [0.3, 0.4) is 0 Å². The van der Waals surface area contributed by atoms with Crippen LogP contribution in [0.15, 0.2) is 35.0 Å². The number of fused-ring (bicyclic) bond motifs is 1. The maximum absolute atomic E-state index is 12.5. The average Bonchev–Trinajstić information content (AvgIpc) is 3.25. The Morgan fingerprint density at radius 2 is 2.24 bits per heavy atom. The van der Waals surface area contributed by atoms with E-state index >= 15 is 0 Å². The van der Waals surface area contributed by atoms with Crippen molar-refractivity contribution in [3.63, 3.8) is 0 Å². The van der Waals surface area contributed by atoms with Gasteiger partial charge in [-0.1, -0.05) is 6.07 Å². The van der Waals surface area contributed by atoms with Crippen LogP contribution in [0.25, 0.3) is 0 Å². The topological polar surface area (TPSA) is 58.6 Å². The van der Waals surface area contributed by atoms with Crippen LogP contribution >= 0.6 is 11.3 Å². The molecule has 2 heterocycles. The molecule has 1 aromatic heterocycles. The van der Waals surface area contributed by atoms with Crippen LogP contribution in [0.1, 0.15) is 42.0 Å². The normalized spacial score (nSPS) is 22.6. The number of nitrogens with one attached hydrogen (secondary N) is 1. The van der Waals surface area contributed by atoms with E-state index in [0.717, 1.165) is 43.6 Å². The highest BCUT2D eigenvalue weighted by Gasteiger charge is 2.36. The second-order valence-electron chi connectivity index (χ2n) is 7.03. The molecule has 2 aliphatic rings. The Bertz CT molecular complexity index is 737. The van der Waals surface area contributed by atoms with Crippen LogP contribution in [0.2, 0.25) is 0 Å². The fraction of sp³-hybridized carbons (Fsp3) is 0.450. The molecule has 0 bridgehead atoms. The number of rotatable bonds is 6. The van der Waals surface area contributed by atoms with Gasteiger partial charge in [0.15, 0.2) is 0 Å². The number of ether oxygens (including phenoxy) is 1. The van der Waals surface area contributed by atoms with Gasteiger partial charge in [0, 0.05) is 12.8 Å². The van der Waals surface area contributed by atoms with Crippen LogP contribution in [-0.2, 0) is 17.6 Å². The Hall–Kier alpha value is -1.85. The number of benzene rings is 1. The number of aliphatic hydroxyl groups excluding tert-OH is 1. The lowest BCUT2D eigenvalue weighted by molar-refractivity contribution is -0.123. The molecule has 2 N–H and O–H groups in total. The molecule has 1 atom stereocenters. The van der Waals surface area contributed by atoms with Crippen LogP contribution in [-0.4, -0.2) is 23.7 Å². The highest BCUT2D eigenvalue weighted by Crippen LogP contribution is 2.39. The van der Waals surface area contributed by atoms with Gasteiger partial charge in [-0.25, -0.2) is 0 Å². The Morgan fingerprint density at radius 3 is 3.00 bits per heavy atom. The second kappa shape index (κ2) is 7.18. The van der Waals surface area contributed by atoms with Gasteiger partial charge in [0.2, 0.25) is 5.91 Å². The van der Waals surface area contributed by atoms with Crippen molar-refractivity contribution >= 4 is 17.2 Å². The van der Waals surface area contributed by atoms with E-state index in [-0.39, 0.29) is 18.1 Å². The summed E-state index contributed by atoms with van der Waals surface area (Å²) in [6, 6.07) is 8.27. The van der Waals surface area contributed by atoms with E-state index in [1.165, 1.54) is 11.1 Å². The van der Waals surface area contributed by atoms with E-state index in [1.807, 2.05) is 11.4 Å². The summed E-state index contributed by atoms with van der Waals surface area (Å²) in [5, 5.41) is 17.1. The lowest BCUT2D eigenvalue weighted by atomic mass is 9.74. The summed E-state index contributed by atoms with van der Waals surface area (Å²) in [5.74, 6) is 1.34. The van der Waals surface area contributed by atoms with Gasteiger partial charge in [-0.2, -0.15) is 11.3 Å². The largest absolute Gasteiger partial charge is 0.493 e. The third-order valence-electron chi connectivity index (χ3n) is 5.23. The Balaban J connectivity index is 1.45. The zero-order valence-electron chi connectivity index (χ0n) is 14.1. The number of hydrogen-bond donors (Lipinski definition) is 2. The SMILES string of the molecule is O=C(CCc1ccsc1)N[C@@H](c1ccc2c(c1)CCO2)C1CC(O)C1. The number of carbonyl (C=O) groups excluding carboxylic acids is 1. The van der Waals surface area contributed by atoms with Crippen molar-refractivity contribution in [1.82, 2.24) is 5.32 Å². The van der Waals surface area contributed by atoms with Gasteiger partial charge in [0.05, 0.1) is 18.8 Å². The summed E-state index contributed by atoms with van der Waals surface area (Å²) in [7, 11) is 0. The van der Waals surface area contributed by atoms with Crippen LogP contribution in [0.4, 0.5) is 0 Å². The standard InChI is InChI=1S/C20H23NO3S/c22-17-10-16(11-17)20(15-2-3-18-14(9-15)5-7-24-18)21-19(23)4-1-13-6-8-25-12-13/h2-3,6,8-9,12,16-17,20,22H,1,4-5,7,10-11H2,(H,21,23)/t16?,17?,20-/m0/s1. The minimum Gasteiger partial charge on any atom is -0.493 e. The first-order chi connectivity index (χ1) is 12.2. The molecule has 25 heavy (non-hydrogen) atoms. The first-order valence-electron chi connectivity index (χ1n) is 8.93. The number of carbonyl (C=O) groups is 1. The smallest absolute Gasteiger partial charge is 0.220 e. The molecule has 1 fully saturated rings. The lowest BCUT2D eigenvalue weighted by Gasteiger charge is -2.38. The van der Waals surface area contributed by atoms with Crippen molar-refractivity contribution in [2.75, 3.05) is 6.61 Å². The number of hydrogen-bond acceptors (Lipinski definition) is 4. The molecule has 1 aliphatic heterocycles. The van der Waals surface area contributed by atoms with Gasteiger partial charge in [0.1, 0.15) is 5.75 Å². The minimum atomic E-state index is -0.229. The molecule has 0 spiro atoms. The molecular weight excluding hydrogens is 334 g/mol. The maximum atomic E-state index is 12.5. The zero-order valence-corrected chi connectivity index (χ0v) is 14.9. The first kappa shape index (κ1) is 16.6. The molecule has 1 aliphatic carbocycles. The van der Waals surface area contributed by atoms with Gasteiger partial charge in [0.25, 0.3) is 0 Å². The highest BCUT2D eigenvalue weighted by atomic mass is 32.1. The van der Waals surface area contributed by atoms with Crippen molar-refractivity contribution in [2.45, 2.75) is 44.2 Å². The van der Waals surface area contributed by atoms with Gasteiger partial charge in [-0.3, -0.25) is 4.79 Å². The molecule has 5 heteroatoms. The van der Waals surface area contributed by atoms with Crippen LogP contribution < -0.4 is 10.1 Å². The molecule has 4 nitrogen and oxygen atoms in total. The number of aliphatic hydroxyl groups is 1. The maximum Gasteiger partial charge on any atom is 0.220 e. The number of amides is 1. The van der Waals surface area contributed by atoms with Crippen LogP contribution in [0, 0.1) is 5.92 Å². The van der Waals surface area contributed by atoms with E-state index in [1.54, 1.807) is 11.3 Å². The van der Waals surface area contributed by atoms with Crippen molar-refractivity contribution in [3.05, 3.63) is 51.7 Å². The highest BCUT2D eigenvalue weighted by molar-refractivity contribution is 7.07. The van der Waals surface area contributed by atoms with E-state index in [2.05, 4.69) is 28.9 Å². The van der Waals surface area contributed by atoms with E-state index < -0.39 is 0 Å². The Labute approximate surface area is 151 Å². The fourth-order valence-corrected chi connectivity index (χ4v) is 4.42. The molecule has 0 radical (unpaired) electrons. The Morgan fingerprint density at radius 1 is 1.36 bits per heavy atom. The van der Waals surface area contributed by atoms with Crippen molar-refractivity contribution in [3.8, 4) is 5.75 Å². The number of aryl methyl sites for hydroxylation is 1. The Kier molecular flexibility index (Phi) is 4.77. The van der Waals surface area contributed by atoms with Gasteiger partial charge in [-0.05, 0) is 70.8 Å². The fourth-order valence-electron chi connectivity index (χ4n) is 3.71. The summed E-state index contributed by atoms with van der Waals surface area (Å²) in [5.41, 5.74) is 3.56. The van der Waals surface area contributed by atoms with E-state index in [4.69, 9.17) is 4.74 Å². The van der Waals surface area contributed by atoms with E-state index in [9.17, 15) is 9.90 Å². The molecule has 0 unspecified atom stereocenters. The molecule has 132 valence electrons. The summed E-state index contributed by atoms with van der Waals surface area (Å²) in [6.07, 6.45) is 3.47. The van der Waals surface area contributed by atoms with Crippen molar-refractivity contribution in [2.24, 2.45) is 5.92 Å². The number of thiophene rings is 1. The van der Waals surface area contributed by atoms with Crippen molar-refractivity contribution in [1.29, 1.82) is 0 Å². The molecule has 1 aromatic carbocycles. The minimum absolute atomic E-state index is 0.0238. The van der Waals surface area contributed by atoms with Gasteiger partial charge < -0.3 is 15.2 Å². The quantitative estimate of drug-likeness (QED) is 0.834. The van der Waals surface area contributed by atoms with Gasteiger partial charge >= 0.3 is 0 Å². The zero-order chi connectivity index (χ0) is 17.2. The summed E-state index contributed by atoms with van der Waals surface area (Å²) in [6.45, 7) is 0.735. The third kappa shape index (κ3) is 3.72. The molecular formula is C20H23NO3S. The molecule has 2 aromatic rings. The average molecular weight is 357 g/mol. The third-order valence-corrected chi connectivity index (χ3v) is 5.96. The van der Waals surface area contributed by atoms with Crippen LogP contribution in [0.5, 0.6) is 5.75 Å². The predicted molar refractivity (Wildman–Crippen MR) is 97.9 cm³/mol. The lowest BCUT2D eigenvalue weighted by Crippen LogP contribution is -2.41. The predicted octanol–water partition coefficient (Wildman–Crippen LogP) is 3.24. The second-order valence-corrected chi connectivity index (χ2v) is 7.81. The monoisotopic (exact) mass is 357 g/mol. The molecule has 4 rings (SSSR count). The molecule has 1 amide bonds. The first-order valence-corrected chi connectivity index (χ1v) is 9.87. The summed E-state index contributed by atoms with van der Waals surface area (Å²) in [4.78, 5) is 12.5. The molecule has 1 saturated carbocycles. The summed E-state index contributed by atoms with van der Waals surface area (Å²) < 4.78 is 5.59.